The number of carbonyl (C=O) groups excluding carboxylic acids is 1. The fourth-order valence-corrected chi connectivity index (χ4v) is 3.40. The Morgan fingerprint density at radius 1 is 1.10 bits per heavy atom. The Bertz CT molecular complexity index is 898. The quantitative estimate of drug-likeness (QED) is 0.386. The zero-order chi connectivity index (χ0) is 23.0. The van der Waals surface area contributed by atoms with E-state index in [4.69, 9.17) is 9.84 Å². The number of carbonyl (C=O) groups is 2. The van der Waals surface area contributed by atoms with Gasteiger partial charge in [-0.05, 0) is 61.2 Å². The maximum atomic E-state index is 10.1. The van der Waals surface area contributed by atoms with Crippen molar-refractivity contribution in [2.75, 3.05) is 13.7 Å². The molecule has 168 valence electrons. The van der Waals surface area contributed by atoms with E-state index in [0.29, 0.717) is 25.1 Å². The topological polar surface area (TPSA) is 164 Å². The molecule has 6 N–H and O–H groups in total. The molecule has 1 heterocycles. The van der Waals surface area contributed by atoms with E-state index in [2.05, 4.69) is 0 Å². The summed E-state index contributed by atoms with van der Waals surface area (Å²) in [4.78, 5) is 19.7. The van der Waals surface area contributed by atoms with Gasteiger partial charge in [-0.1, -0.05) is 0 Å². The number of benzene rings is 2. The Labute approximate surface area is 179 Å². The molecule has 2 aromatic carbocycles. The molecule has 0 fully saturated rings. The lowest BCUT2D eigenvalue weighted by Crippen LogP contribution is -2.88. The number of hydrogen-bond donors (Lipinski definition) is 5. The molecular weight excluding hydrogens is 406 g/mol. The number of carboxylic acids is 2. The van der Waals surface area contributed by atoms with E-state index in [-0.39, 0.29) is 30.4 Å². The summed E-state index contributed by atoms with van der Waals surface area (Å²) in [5, 5.41) is 49.3. The van der Waals surface area contributed by atoms with Crippen LogP contribution in [-0.4, -0.2) is 46.0 Å². The zero-order valence-corrected chi connectivity index (χ0v) is 17.2. The van der Waals surface area contributed by atoms with Gasteiger partial charge in [0.1, 0.15) is 24.4 Å². The molecule has 2 atom stereocenters. The van der Waals surface area contributed by atoms with Gasteiger partial charge in [-0.2, -0.15) is 0 Å². The SMILES string of the molecule is COc1cc(C2[NH2+]CC(O)c3cc(O)ccc32)ccc1O.O=C([O-])CCCCC(=O)O. The van der Waals surface area contributed by atoms with Crippen LogP contribution >= 0.6 is 0 Å². The average molecular weight is 433 g/mol. The standard InChI is InChI=1S/C16H17NO4.C6H10O4/c1-21-15-6-9(2-5-13(15)19)16-11-4-3-10(18)7-12(11)14(20)8-17-16;7-5(8)3-1-2-4-6(9)10/h2-7,14,16-20H,8H2,1H3;1-4H2,(H,7,8)(H,9,10). The summed E-state index contributed by atoms with van der Waals surface area (Å²) < 4.78 is 5.15. The van der Waals surface area contributed by atoms with Crippen LogP contribution in [0.15, 0.2) is 36.4 Å². The second-order valence-electron chi connectivity index (χ2n) is 7.18. The lowest BCUT2D eigenvalue weighted by molar-refractivity contribution is -0.697. The van der Waals surface area contributed by atoms with Crippen molar-refractivity contribution in [1.29, 1.82) is 0 Å². The van der Waals surface area contributed by atoms with Gasteiger partial charge >= 0.3 is 5.97 Å². The van der Waals surface area contributed by atoms with Crippen LogP contribution in [0, 0.1) is 0 Å². The molecule has 1 aliphatic rings. The summed E-state index contributed by atoms with van der Waals surface area (Å²) in [5.74, 6) is -1.34. The van der Waals surface area contributed by atoms with Crippen LogP contribution in [0.25, 0.3) is 0 Å². The van der Waals surface area contributed by atoms with Crippen molar-refractivity contribution in [1.82, 2.24) is 0 Å². The molecule has 0 bridgehead atoms. The number of aliphatic hydroxyl groups excluding tert-OH is 1. The molecular formula is C22H27NO8. The molecule has 0 aliphatic carbocycles. The van der Waals surface area contributed by atoms with Gasteiger partial charge in [0.15, 0.2) is 11.5 Å². The van der Waals surface area contributed by atoms with E-state index in [1.54, 1.807) is 24.3 Å². The fraction of sp³-hybridized carbons (Fsp3) is 0.364. The maximum Gasteiger partial charge on any atom is 0.303 e. The van der Waals surface area contributed by atoms with E-state index in [0.717, 1.165) is 16.7 Å². The van der Waals surface area contributed by atoms with Gasteiger partial charge in [-0.25, -0.2) is 0 Å². The van der Waals surface area contributed by atoms with Crippen LogP contribution in [0.3, 0.4) is 0 Å². The van der Waals surface area contributed by atoms with Crippen LogP contribution in [0.2, 0.25) is 0 Å². The van der Waals surface area contributed by atoms with Crippen LogP contribution in [0.4, 0.5) is 0 Å². The highest BCUT2D eigenvalue weighted by molar-refractivity contribution is 5.67. The van der Waals surface area contributed by atoms with Crippen molar-refractivity contribution >= 4 is 11.9 Å². The van der Waals surface area contributed by atoms with Gasteiger partial charge in [-0.3, -0.25) is 4.79 Å². The number of rotatable bonds is 7. The molecule has 0 saturated heterocycles. The molecule has 3 rings (SSSR count). The van der Waals surface area contributed by atoms with E-state index < -0.39 is 18.0 Å². The van der Waals surface area contributed by atoms with E-state index in [1.807, 2.05) is 17.4 Å². The second kappa shape index (κ2) is 11.2. The van der Waals surface area contributed by atoms with Crippen molar-refractivity contribution in [3.8, 4) is 17.2 Å². The predicted molar refractivity (Wildman–Crippen MR) is 107 cm³/mol. The number of phenolic OH excluding ortho intramolecular Hbond substituents is 2. The lowest BCUT2D eigenvalue weighted by atomic mass is 9.88. The van der Waals surface area contributed by atoms with Crippen LogP contribution in [0.5, 0.6) is 17.2 Å². The average Bonchev–Trinajstić information content (AvgIpc) is 2.73. The number of nitrogens with two attached hydrogens (primary N) is 1. The number of hydrogen-bond acceptors (Lipinski definition) is 7. The highest BCUT2D eigenvalue weighted by atomic mass is 16.5. The molecule has 31 heavy (non-hydrogen) atoms. The first-order chi connectivity index (χ1) is 14.7. The molecule has 0 amide bonds. The number of aromatic hydroxyl groups is 2. The summed E-state index contributed by atoms with van der Waals surface area (Å²) in [5.41, 5.74) is 2.68. The molecule has 0 radical (unpaired) electrons. The van der Waals surface area contributed by atoms with Crippen molar-refractivity contribution in [2.45, 2.75) is 37.8 Å². The van der Waals surface area contributed by atoms with Gasteiger partial charge in [0.25, 0.3) is 0 Å². The summed E-state index contributed by atoms with van der Waals surface area (Å²) in [7, 11) is 1.51. The molecule has 0 spiro atoms. The smallest absolute Gasteiger partial charge is 0.303 e. The molecule has 2 aromatic rings. The number of quaternary nitrogens is 1. The first kappa shape index (κ1) is 24.0. The maximum absolute atomic E-state index is 10.1. The van der Waals surface area contributed by atoms with Crippen LogP contribution < -0.4 is 15.2 Å². The second-order valence-corrected chi connectivity index (χ2v) is 7.18. The monoisotopic (exact) mass is 433 g/mol. The first-order valence-corrected chi connectivity index (χ1v) is 9.85. The number of carboxylic acid groups (broad SMARTS) is 2. The number of ether oxygens (including phenoxy) is 1. The normalized spacial score (nSPS) is 17.1. The zero-order valence-electron chi connectivity index (χ0n) is 17.2. The third-order valence-electron chi connectivity index (χ3n) is 4.94. The van der Waals surface area contributed by atoms with E-state index >= 15 is 0 Å². The van der Waals surface area contributed by atoms with Gasteiger partial charge < -0.3 is 40.4 Å². The van der Waals surface area contributed by atoms with Crippen molar-refractivity contribution < 1.29 is 45.2 Å². The summed E-state index contributed by atoms with van der Waals surface area (Å²) in [6.45, 7) is 0.518. The highest BCUT2D eigenvalue weighted by Crippen LogP contribution is 2.34. The molecule has 2 unspecified atom stereocenters. The third kappa shape index (κ3) is 6.87. The largest absolute Gasteiger partial charge is 0.550 e. The summed E-state index contributed by atoms with van der Waals surface area (Å²) in [6, 6.07) is 10.3. The fourth-order valence-electron chi connectivity index (χ4n) is 3.40. The number of aliphatic hydroxyl groups is 1. The summed E-state index contributed by atoms with van der Waals surface area (Å²) in [6.07, 6.45) is 0.181. The Morgan fingerprint density at radius 2 is 1.81 bits per heavy atom. The van der Waals surface area contributed by atoms with Crippen molar-refractivity contribution in [3.05, 3.63) is 53.1 Å². The number of phenols is 2. The van der Waals surface area contributed by atoms with Gasteiger partial charge in [0, 0.05) is 23.5 Å². The minimum atomic E-state index is -1.12. The number of unbranched alkanes of at least 4 members (excludes halogenated alkanes) is 1. The van der Waals surface area contributed by atoms with Gasteiger partial charge in [-0.15, -0.1) is 0 Å². The number of methoxy groups -OCH3 is 1. The van der Waals surface area contributed by atoms with Crippen LogP contribution in [0.1, 0.15) is 54.5 Å². The Hall–Kier alpha value is -3.30. The predicted octanol–water partition coefficient (Wildman–Crippen LogP) is 0.187. The third-order valence-corrected chi connectivity index (χ3v) is 4.94. The Balaban J connectivity index is 0.000000291. The minimum absolute atomic E-state index is 0.00139. The Morgan fingerprint density at radius 3 is 2.45 bits per heavy atom. The lowest BCUT2D eigenvalue weighted by Gasteiger charge is -2.27. The highest BCUT2D eigenvalue weighted by Gasteiger charge is 2.30. The molecule has 1 aliphatic heterocycles. The van der Waals surface area contributed by atoms with E-state index in [9.17, 15) is 30.0 Å². The molecule has 0 saturated carbocycles. The Kier molecular flexibility index (Phi) is 8.65. The van der Waals surface area contributed by atoms with Crippen LogP contribution in [-0.2, 0) is 9.59 Å². The van der Waals surface area contributed by atoms with Crippen molar-refractivity contribution in [3.63, 3.8) is 0 Å². The first-order valence-electron chi connectivity index (χ1n) is 9.85. The molecule has 9 heteroatoms. The van der Waals surface area contributed by atoms with E-state index in [1.165, 1.54) is 7.11 Å². The molecule has 0 aromatic heterocycles. The number of fused-ring (bicyclic) bond motifs is 1. The molecule has 9 nitrogen and oxygen atoms in total. The minimum Gasteiger partial charge on any atom is -0.550 e. The summed E-state index contributed by atoms with van der Waals surface area (Å²) >= 11 is 0. The van der Waals surface area contributed by atoms with Gasteiger partial charge in [0.2, 0.25) is 0 Å². The number of aliphatic carboxylic acids is 2. The van der Waals surface area contributed by atoms with Crippen molar-refractivity contribution in [2.24, 2.45) is 0 Å². The van der Waals surface area contributed by atoms with Gasteiger partial charge in [0.05, 0.1) is 7.11 Å².